The SMILES string of the molecule is C#C[C@@]1(F)[C@H](O)[C@@H](COP(=S)(N[C@H](C)C(=O)OCC)Oc2ccccc2)O[C@H]1n1cnc2c(N(C)C)nc(N)nc21. The quantitative estimate of drug-likeness (QED) is 0.165. The largest absolute Gasteiger partial charge is 0.465 e. The highest BCUT2D eigenvalue weighted by Gasteiger charge is 2.58. The number of nitrogen functional groups attached to an aromatic ring is 1. The van der Waals surface area contributed by atoms with Crippen LogP contribution in [-0.2, 0) is 30.6 Å². The van der Waals surface area contributed by atoms with Gasteiger partial charge in [0.1, 0.15) is 24.0 Å². The second-order valence-electron chi connectivity index (χ2n) is 9.31. The first-order valence-electron chi connectivity index (χ1n) is 12.5. The van der Waals surface area contributed by atoms with Crippen molar-refractivity contribution in [3.8, 4) is 18.1 Å². The van der Waals surface area contributed by atoms with Crippen molar-refractivity contribution in [2.45, 2.75) is 44.0 Å². The number of hydrogen-bond donors (Lipinski definition) is 3. The molecule has 16 heteroatoms. The Bertz CT molecular complexity index is 1490. The highest BCUT2D eigenvalue weighted by atomic mass is 32.5. The predicted molar refractivity (Wildman–Crippen MR) is 153 cm³/mol. The van der Waals surface area contributed by atoms with Gasteiger partial charge in [0.25, 0.3) is 0 Å². The molecule has 13 nitrogen and oxygen atoms in total. The number of fused-ring (bicyclic) bond motifs is 1. The van der Waals surface area contributed by atoms with Gasteiger partial charge >= 0.3 is 12.6 Å². The maximum absolute atomic E-state index is 16.2. The van der Waals surface area contributed by atoms with Crippen LogP contribution in [0.3, 0.4) is 0 Å². The molecule has 0 radical (unpaired) electrons. The van der Waals surface area contributed by atoms with Crippen molar-refractivity contribution in [1.29, 1.82) is 0 Å². The zero-order valence-electron chi connectivity index (χ0n) is 22.8. The number of nitrogens with one attached hydrogen (secondary N) is 1. The molecule has 3 aromatic rings. The number of benzene rings is 1. The van der Waals surface area contributed by atoms with Gasteiger partial charge in [0.2, 0.25) is 11.6 Å². The van der Waals surface area contributed by atoms with Gasteiger partial charge in [-0.15, -0.1) is 6.42 Å². The van der Waals surface area contributed by atoms with E-state index in [1.165, 1.54) is 10.9 Å². The van der Waals surface area contributed by atoms with Gasteiger partial charge in [-0.25, -0.2) is 14.5 Å². The zero-order valence-corrected chi connectivity index (χ0v) is 24.5. The molecule has 220 valence electrons. The topological polar surface area (TPSA) is 159 Å². The fourth-order valence-electron chi connectivity index (χ4n) is 4.15. The molecule has 4 rings (SSSR count). The van der Waals surface area contributed by atoms with Crippen LogP contribution in [0.25, 0.3) is 11.2 Å². The molecule has 1 saturated heterocycles. The number of rotatable bonds is 11. The molecule has 6 atom stereocenters. The molecule has 1 fully saturated rings. The number of aromatic nitrogens is 4. The summed E-state index contributed by atoms with van der Waals surface area (Å²) in [5.41, 5.74) is 3.65. The monoisotopic (exact) mass is 607 g/mol. The Hall–Kier alpha value is -3.38. The van der Waals surface area contributed by atoms with E-state index in [0.29, 0.717) is 17.1 Å². The molecule has 1 unspecified atom stereocenters. The summed E-state index contributed by atoms with van der Waals surface area (Å²) in [6.45, 7) is -0.554. The minimum absolute atomic E-state index is 0.0768. The third kappa shape index (κ3) is 6.28. The number of halogens is 1. The number of nitrogens with two attached hydrogens (primary N) is 1. The number of anilines is 2. The average molecular weight is 608 g/mol. The Morgan fingerprint density at radius 1 is 1.41 bits per heavy atom. The summed E-state index contributed by atoms with van der Waals surface area (Å²) in [5.74, 6) is 2.14. The molecule has 0 saturated carbocycles. The number of aliphatic hydroxyl groups is 1. The maximum atomic E-state index is 16.2. The first-order valence-corrected chi connectivity index (χ1v) is 15.2. The normalized spacial score (nSPS) is 24.4. The van der Waals surface area contributed by atoms with E-state index in [1.807, 2.05) is 5.92 Å². The maximum Gasteiger partial charge on any atom is 0.323 e. The summed E-state index contributed by atoms with van der Waals surface area (Å²) in [5, 5.41) is 13.9. The van der Waals surface area contributed by atoms with Crippen LogP contribution in [0.15, 0.2) is 36.7 Å². The number of carbonyl (C=O) groups excluding carboxylic acids is 1. The van der Waals surface area contributed by atoms with Gasteiger partial charge < -0.3 is 34.3 Å². The van der Waals surface area contributed by atoms with E-state index in [1.54, 1.807) is 63.2 Å². The lowest BCUT2D eigenvalue weighted by molar-refractivity contribution is -0.144. The van der Waals surface area contributed by atoms with Crippen molar-refractivity contribution in [2.75, 3.05) is 37.9 Å². The number of terminal acetylenes is 1. The van der Waals surface area contributed by atoms with Crippen LogP contribution in [0.2, 0.25) is 0 Å². The van der Waals surface area contributed by atoms with Crippen LogP contribution in [-0.4, -0.2) is 81.8 Å². The Labute approximate surface area is 241 Å². The van der Waals surface area contributed by atoms with Gasteiger partial charge in [-0.1, -0.05) is 24.1 Å². The molecular weight excluding hydrogens is 576 g/mol. The molecule has 0 amide bonds. The van der Waals surface area contributed by atoms with Crippen LogP contribution in [0.1, 0.15) is 20.1 Å². The fraction of sp³-hybridized carbons (Fsp3) is 0.440. The number of imidazole rings is 1. The van der Waals surface area contributed by atoms with Crippen LogP contribution < -0.4 is 20.2 Å². The van der Waals surface area contributed by atoms with Gasteiger partial charge in [0.05, 0.1) is 19.5 Å². The summed E-state index contributed by atoms with van der Waals surface area (Å²) in [7, 11) is 3.48. The van der Waals surface area contributed by atoms with Crippen molar-refractivity contribution < 1.29 is 32.8 Å². The number of hydrogen-bond acceptors (Lipinski definition) is 12. The highest BCUT2D eigenvalue weighted by molar-refractivity contribution is 8.09. The van der Waals surface area contributed by atoms with Crippen molar-refractivity contribution in [3.63, 3.8) is 0 Å². The fourth-order valence-corrected chi connectivity index (χ4v) is 6.57. The molecule has 1 aromatic carbocycles. The predicted octanol–water partition coefficient (Wildman–Crippen LogP) is 1.94. The zero-order chi connectivity index (χ0) is 29.9. The van der Waals surface area contributed by atoms with E-state index in [-0.39, 0.29) is 18.2 Å². The molecule has 1 aliphatic rings. The Balaban J connectivity index is 1.61. The van der Waals surface area contributed by atoms with Crippen LogP contribution >= 0.6 is 6.64 Å². The van der Waals surface area contributed by atoms with Crippen molar-refractivity contribution in [1.82, 2.24) is 24.6 Å². The second-order valence-corrected chi connectivity index (χ2v) is 12.4. The minimum Gasteiger partial charge on any atom is -0.465 e. The first-order chi connectivity index (χ1) is 19.4. The lowest BCUT2D eigenvalue weighted by Crippen LogP contribution is -2.42. The molecule has 3 heterocycles. The van der Waals surface area contributed by atoms with E-state index in [4.69, 9.17) is 42.5 Å². The molecular formula is C25H31FN7O6PS. The molecule has 0 bridgehead atoms. The number of ether oxygens (including phenoxy) is 2. The second kappa shape index (κ2) is 12.2. The number of para-hydroxylation sites is 1. The first kappa shape index (κ1) is 30.6. The van der Waals surface area contributed by atoms with Crippen LogP contribution in [0, 0.1) is 12.3 Å². The third-order valence-electron chi connectivity index (χ3n) is 6.13. The summed E-state index contributed by atoms with van der Waals surface area (Å²) in [4.78, 5) is 26.6. The van der Waals surface area contributed by atoms with Gasteiger partial charge in [-0.2, -0.15) is 9.97 Å². The number of aliphatic hydroxyl groups excluding tert-OH is 1. The third-order valence-corrected chi connectivity index (χ3v) is 8.63. The van der Waals surface area contributed by atoms with Gasteiger partial charge in [-0.05, 0) is 37.8 Å². The molecule has 2 aromatic heterocycles. The van der Waals surface area contributed by atoms with Crippen molar-refractivity contribution >= 4 is 47.3 Å². The van der Waals surface area contributed by atoms with E-state index < -0.39 is 49.4 Å². The summed E-state index contributed by atoms with van der Waals surface area (Å²) < 4.78 is 40.3. The standard InChI is InChI=1S/C25H31FN7O6PS/c1-6-25(26)19(34)17(38-23(25)33-14-28-18-20(32(4)5)29-24(27)30-21(18)33)13-37-40(41,31-15(3)22(35)36-7-2)39-16-11-9-8-10-12-16/h1,8-12,14-15,17,19,23,34H,7,13H2,2-5H3,(H,31,41)(H2,27,29,30)/t15-,17-,19-,23-,25-,40?/m1/s1. The lowest BCUT2D eigenvalue weighted by atomic mass is 9.97. The summed E-state index contributed by atoms with van der Waals surface area (Å²) >= 11 is 5.67. The van der Waals surface area contributed by atoms with Crippen molar-refractivity contribution in [3.05, 3.63) is 36.7 Å². The van der Waals surface area contributed by atoms with E-state index >= 15 is 4.39 Å². The minimum atomic E-state index is -3.49. The van der Waals surface area contributed by atoms with Crippen LogP contribution in [0.5, 0.6) is 5.75 Å². The average Bonchev–Trinajstić information content (AvgIpc) is 3.45. The smallest absolute Gasteiger partial charge is 0.323 e. The Morgan fingerprint density at radius 2 is 2.12 bits per heavy atom. The van der Waals surface area contributed by atoms with E-state index in [2.05, 4.69) is 20.0 Å². The van der Waals surface area contributed by atoms with E-state index in [0.717, 1.165) is 0 Å². The number of esters is 1. The molecule has 0 aliphatic carbocycles. The van der Waals surface area contributed by atoms with Gasteiger partial charge in [-0.3, -0.25) is 9.36 Å². The Kier molecular flexibility index (Phi) is 9.13. The lowest BCUT2D eigenvalue weighted by Gasteiger charge is -2.27. The number of nitrogens with zero attached hydrogens (tertiary/aromatic N) is 5. The number of alkyl halides is 1. The van der Waals surface area contributed by atoms with Crippen molar-refractivity contribution in [2.24, 2.45) is 0 Å². The molecule has 0 spiro atoms. The number of carbonyl (C=O) groups is 1. The Morgan fingerprint density at radius 3 is 2.76 bits per heavy atom. The summed E-state index contributed by atoms with van der Waals surface area (Å²) in [6.07, 6.45) is 2.16. The molecule has 41 heavy (non-hydrogen) atoms. The molecule has 1 aliphatic heterocycles. The van der Waals surface area contributed by atoms with Gasteiger partial charge in [0, 0.05) is 14.1 Å². The van der Waals surface area contributed by atoms with E-state index in [9.17, 15) is 9.90 Å². The molecule has 4 N–H and O–H groups in total. The van der Waals surface area contributed by atoms with Gasteiger partial charge in [0.15, 0.2) is 23.2 Å². The highest BCUT2D eigenvalue weighted by Crippen LogP contribution is 2.48. The van der Waals surface area contributed by atoms with Crippen LogP contribution in [0.4, 0.5) is 16.2 Å². The summed E-state index contributed by atoms with van der Waals surface area (Å²) in [6, 6.07) is 7.67.